The van der Waals surface area contributed by atoms with Crippen LogP contribution < -0.4 is 10.6 Å². The molecule has 1 fully saturated rings. The van der Waals surface area contributed by atoms with Crippen molar-refractivity contribution in [1.29, 1.82) is 0 Å². The third-order valence-corrected chi connectivity index (χ3v) is 4.13. The van der Waals surface area contributed by atoms with Gasteiger partial charge in [-0.2, -0.15) is 0 Å². The van der Waals surface area contributed by atoms with E-state index in [4.69, 9.17) is 16.3 Å². The molecule has 1 aliphatic heterocycles. The van der Waals surface area contributed by atoms with E-state index in [0.29, 0.717) is 12.6 Å². The minimum atomic E-state index is 0. The van der Waals surface area contributed by atoms with E-state index in [0.717, 1.165) is 53.6 Å². The zero-order valence-corrected chi connectivity index (χ0v) is 17.2. The molecular formula is C15H22BrClIN3O. The highest BCUT2D eigenvalue weighted by Gasteiger charge is 2.15. The van der Waals surface area contributed by atoms with Crippen LogP contribution in [0.1, 0.15) is 25.3 Å². The maximum Gasteiger partial charge on any atom is 0.191 e. The van der Waals surface area contributed by atoms with Crippen molar-refractivity contribution in [2.24, 2.45) is 4.99 Å². The van der Waals surface area contributed by atoms with Gasteiger partial charge in [-0.1, -0.05) is 33.6 Å². The van der Waals surface area contributed by atoms with Crippen molar-refractivity contribution in [3.8, 4) is 0 Å². The summed E-state index contributed by atoms with van der Waals surface area (Å²) < 4.78 is 6.58. The molecule has 0 aromatic heterocycles. The summed E-state index contributed by atoms with van der Waals surface area (Å²) in [5, 5.41) is 7.29. The Morgan fingerprint density at radius 2 is 2.27 bits per heavy atom. The normalized spacial score (nSPS) is 18.0. The van der Waals surface area contributed by atoms with Gasteiger partial charge >= 0.3 is 0 Å². The molecule has 0 spiro atoms. The summed E-state index contributed by atoms with van der Waals surface area (Å²) in [6, 6.07) is 5.85. The Morgan fingerprint density at radius 1 is 1.45 bits per heavy atom. The summed E-state index contributed by atoms with van der Waals surface area (Å²) in [5.74, 6) is 0.798. The number of nitrogens with one attached hydrogen (secondary N) is 2. The van der Waals surface area contributed by atoms with Gasteiger partial charge in [0.25, 0.3) is 0 Å². The van der Waals surface area contributed by atoms with Gasteiger partial charge in [-0.25, -0.2) is 4.99 Å². The predicted octanol–water partition coefficient (Wildman–Crippen LogP) is 3.95. The van der Waals surface area contributed by atoms with Crippen LogP contribution in [0.4, 0.5) is 0 Å². The number of nitrogens with zero attached hydrogens (tertiary/aromatic N) is 1. The molecule has 1 aromatic rings. The Bertz CT molecular complexity index is 496. The zero-order valence-electron chi connectivity index (χ0n) is 12.6. The lowest BCUT2D eigenvalue weighted by Crippen LogP contribution is -2.41. The lowest BCUT2D eigenvalue weighted by atomic mass is 10.2. The molecule has 0 saturated carbocycles. The average Bonchev–Trinajstić information content (AvgIpc) is 2.96. The standard InChI is InChI=1S/C15H21BrClN3O.HI/c1-2-18-15(20-10-13-4-3-7-21-13)19-9-11-5-6-12(16)8-14(11)17;/h5-6,8,13H,2-4,7,9-10H2,1H3,(H2,18,19,20);1H. The highest BCUT2D eigenvalue weighted by atomic mass is 127. The summed E-state index contributed by atoms with van der Waals surface area (Å²) in [6.45, 7) is 5.09. The molecule has 7 heteroatoms. The molecule has 0 aliphatic carbocycles. The highest BCUT2D eigenvalue weighted by Crippen LogP contribution is 2.21. The van der Waals surface area contributed by atoms with Crippen LogP contribution in [0.3, 0.4) is 0 Å². The Hall–Kier alpha value is -0.0500. The molecule has 1 aliphatic rings. The van der Waals surface area contributed by atoms with Crippen LogP contribution in [-0.4, -0.2) is 31.8 Å². The van der Waals surface area contributed by atoms with E-state index >= 15 is 0 Å². The molecule has 0 bridgehead atoms. The van der Waals surface area contributed by atoms with E-state index in [1.807, 2.05) is 18.2 Å². The zero-order chi connectivity index (χ0) is 15.1. The van der Waals surface area contributed by atoms with Crippen LogP contribution in [0.5, 0.6) is 0 Å². The molecule has 124 valence electrons. The van der Waals surface area contributed by atoms with Crippen LogP contribution in [0.2, 0.25) is 5.02 Å². The molecule has 22 heavy (non-hydrogen) atoms. The second-order valence-corrected chi connectivity index (χ2v) is 6.27. The topological polar surface area (TPSA) is 45.7 Å². The third kappa shape index (κ3) is 6.60. The van der Waals surface area contributed by atoms with Crippen LogP contribution in [-0.2, 0) is 11.3 Å². The van der Waals surface area contributed by atoms with Crippen molar-refractivity contribution in [3.63, 3.8) is 0 Å². The molecule has 1 heterocycles. The predicted molar refractivity (Wildman–Crippen MR) is 106 cm³/mol. The van der Waals surface area contributed by atoms with Crippen LogP contribution in [0, 0.1) is 0 Å². The van der Waals surface area contributed by atoms with E-state index in [2.05, 4.69) is 38.5 Å². The number of guanidine groups is 1. The van der Waals surface area contributed by atoms with Gasteiger partial charge in [0.05, 0.1) is 12.6 Å². The maximum absolute atomic E-state index is 6.21. The van der Waals surface area contributed by atoms with Crippen molar-refractivity contribution in [2.45, 2.75) is 32.4 Å². The summed E-state index contributed by atoms with van der Waals surface area (Å²) >= 11 is 9.62. The van der Waals surface area contributed by atoms with Crippen molar-refractivity contribution < 1.29 is 4.74 Å². The third-order valence-electron chi connectivity index (χ3n) is 3.29. The molecule has 2 rings (SSSR count). The fraction of sp³-hybridized carbons (Fsp3) is 0.533. The number of halogens is 3. The molecule has 4 nitrogen and oxygen atoms in total. The van der Waals surface area contributed by atoms with Crippen LogP contribution in [0.25, 0.3) is 0 Å². The maximum atomic E-state index is 6.21. The van der Waals surface area contributed by atoms with Gasteiger partial charge in [-0.15, -0.1) is 24.0 Å². The molecule has 1 atom stereocenters. The Kier molecular flexibility index (Phi) is 9.70. The highest BCUT2D eigenvalue weighted by molar-refractivity contribution is 14.0. The molecular weight excluding hydrogens is 480 g/mol. The minimum Gasteiger partial charge on any atom is -0.376 e. The van der Waals surface area contributed by atoms with Gasteiger partial charge in [-0.05, 0) is 37.5 Å². The van der Waals surface area contributed by atoms with Crippen molar-refractivity contribution >= 4 is 57.5 Å². The van der Waals surface area contributed by atoms with Gasteiger partial charge in [0.2, 0.25) is 0 Å². The van der Waals surface area contributed by atoms with Gasteiger partial charge < -0.3 is 15.4 Å². The second-order valence-electron chi connectivity index (χ2n) is 4.95. The summed E-state index contributed by atoms with van der Waals surface area (Å²) in [6.07, 6.45) is 2.56. The lowest BCUT2D eigenvalue weighted by molar-refractivity contribution is 0.114. The first-order valence-electron chi connectivity index (χ1n) is 7.26. The van der Waals surface area contributed by atoms with Crippen molar-refractivity contribution in [2.75, 3.05) is 19.7 Å². The molecule has 0 amide bonds. The van der Waals surface area contributed by atoms with Crippen molar-refractivity contribution in [3.05, 3.63) is 33.3 Å². The number of hydrogen-bond donors (Lipinski definition) is 2. The number of benzene rings is 1. The lowest BCUT2D eigenvalue weighted by Gasteiger charge is -2.15. The van der Waals surface area contributed by atoms with Crippen LogP contribution in [0.15, 0.2) is 27.7 Å². The van der Waals surface area contributed by atoms with Gasteiger partial charge in [0.1, 0.15) is 0 Å². The van der Waals surface area contributed by atoms with Gasteiger partial charge in [0.15, 0.2) is 5.96 Å². The van der Waals surface area contributed by atoms with E-state index in [1.54, 1.807) is 0 Å². The van der Waals surface area contributed by atoms with E-state index in [9.17, 15) is 0 Å². The van der Waals surface area contributed by atoms with E-state index < -0.39 is 0 Å². The Labute approximate surface area is 162 Å². The van der Waals surface area contributed by atoms with Gasteiger partial charge in [-0.3, -0.25) is 0 Å². The first-order chi connectivity index (χ1) is 10.2. The van der Waals surface area contributed by atoms with Crippen molar-refractivity contribution in [1.82, 2.24) is 10.6 Å². The Morgan fingerprint density at radius 3 is 2.91 bits per heavy atom. The average molecular weight is 503 g/mol. The summed E-state index contributed by atoms with van der Waals surface area (Å²) in [4.78, 5) is 4.57. The molecule has 1 unspecified atom stereocenters. The fourth-order valence-electron chi connectivity index (χ4n) is 2.17. The molecule has 0 radical (unpaired) electrons. The van der Waals surface area contributed by atoms with E-state index in [-0.39, 0.29) is 24.0 Å². The molecule has 1 saturated heterocycles. The van der Waals surface area contributed by atoms with Crippen LogP contribution >= 0.6 is 51.5 Å². The number of hydrogen-bond acceptors (Lipinski definition) is 2. The minimum absolute atomic E-state index is 0. The fourth-order valence-corrected chi connectivity index (χ4v) is 2.90. The summed E-state index contributed by atoms with van der Waals surface area (Å²) in [7, 11) is 0. The SMILES string of the molecule is CCNC(=NCc1ccc(Br)cc1Cl)NCC1CCCO1.I. The van der Waals surface area contributed by atoms with E-state index in [1.165, 1.54) is 0 Å². The monoisotopic (exact) mass is 501 g/mol. The molecule has 2 N–H and O–H groups in total. The number of aliphatic imine (C=N–C) groups is 1. The summed E-state index contributed by atoms with van der Waals surface area (Å²) in [5.41, 5.74) is 1.01. The first kappa shape index (κ1) is 20.0. The smallest absolute Gasteiger partial charge is 0.191 e. The first-order valence-corrected chi connectivity index (χ1v) is 8.44. The quantitative estimate of drug-likeness (QED) is 0.364. The number of ether oxygens (including phenoxy) is 1. The Balaban J connectivity index is 0.00000242. The second kappa shape index (κ2) is 10.7. The largest absolute Gasteiger partial charge is 0.376 e. The van der Waals surface area contributed by atoms with Gasteiger partial charge in [0, 0.05) is 29.2 Å². The number of rotatable bonds is 5. The molecule has 1 aromatic carbocycles.